The van der Waals surface area contributed by atoms with Crippen molar-refractivity contribution in [2.24, 2.45) is 0 Å². The summed E-state index contributed by atoms with van der Waals surface area (Å²) in [5, 5.41) is 4.27. The first-order valence-electron chi connectivity index (χ1n) is 10.3. The summed E-state index contributed by atoms with van der Waals surface area (Å²) < 4.78 is 31.8. The zero-order valence-electron chi connectivity index (χ0n) is 19.0. The van der Waals surface area contributed by atoms with Crippen LogP contribution in [-0.4, -0.2) is 42.1 Å². The highest BCUT2D eigenvalue weighted by molar-refractivity contribution is 7.90. The Hall–Kier alpha value is -2.97. The number of benzene rings is 2. The van der Waals surface area contributed by atoms with Crippen LogP contribution >= 0.6 is 11.6 Å². The first kappa shape index (κ1) is 24.7. The number of carbonyl (C=O) groups is 2. The number of halogens is 1. The standard InChI is InChI=1S/C24H25ClN2O5S/c1-6-27-24(32-16(4)21(28)17-10-8-7-9-11-17)19(13-26-27)22(29)18-12-14(2)23(33(5,30)31)15(3)20(18)25/h7-13,16H,6H2,1-5H3. The van der Waals surface area contributed by atoms with Crippen molar-refractivity contribution in [3.63, 3.8) is 0 Å². The van der Waals surface area contributed by atoms with E-state index in [0.29, 0.717) is 23.2 Å². The van der Waals surface area contributed by atoms with E-state index in [-0.39, 0.29) is 32.7 Å². The van der Waals surface area contributed by atoms with E-state index in [9.17, 15) is 18.0 Å². The molecule has 0 saturated heterocycles. The van der Waals surface area contributed by atoms with Crippen molar-refractivity contribution in [1.82, 2.24) is 9.78 Å². The molecular formula is C24H25ClN2O5S. The van der Waals surface area contributed by atoms with Crippen molar-refractivity contribution < 1.29 is 22.7 Å². The lowest BCUT2D eigenvalue weighted by molar-refractivity contribution is 0.0796. The second kappa shape index (κ2) is 9.49. The maximum Gasteiger partial charge on any atom is 0.224 e. The molecule has 0 spiro atoms. The minimum atomic E-state index is -3.53. The molecule has 7 nitrogen and oxygen atoms in total. The number of sulfone groups is 1. The number of ketones is 2. The van der Waals surface area contributed by atoms with Gasteiger partial charge in [0.15, 0.2) is 15.9 Å². The number of hydrogen-bond donors (Lipinski definition) is 0. The fourth-order valence-corrected chi connectivity index (χ4v) is 5.35. The molecule has 1 aromatic heterocycles. The molecule has 0 saturated carbocycles. The third-order valence-electron chi connectivity index (χ3n) is 5.29. The number of hydrogen-bond acceptors (Lipinski definition) is 6. The second-order valence-electron chi connectivity index (χ2n) is 7.78. The van der Waals surface area contributed by atoms with Crippen LogP contribution < -0.4 is 4.74 Å². The van der Waals surface area contributed by atoms with Crippen molar-refractivity contribution in [3.8, 4) is 5.88 Å². The summed E-state index contributed by atoms with van der Waals surface area (Å²) in [6.45, 7) is 7.03. The van der Waals surface area contributed by atoms with Gasteiger partial charge in [-0.3, -0.25) is 9.59 Å². The molecule has 0 aliphatic heterocycles. The SMILES string of the molecule is CCn1ncc(C(=O)c2cc(C)c(S(C)(=O)=O)c(C)c2Cl)c1OC(C)C(=O)c1ccccc1. The van der Waals surface area contributed by atoms with Crippen molar-refractivity contribution >= 4 is 33.0 Å². The second-order valence-corrected chi connectivity index (χ2v) is 10.1. The number of Topliss-reactive ketones (excluding diaryl/α,β-unsaturated/α-hetero) is 1. The van der Waals surface area contributed by atoms with Gasteiger partial charge in [0.25, 0.3) is 0 Å². The molecule has 1 heterocycles. The maximum absolute atomic E-state index is 13.5. The van der Waals surface area contributed by atoms with Crippen LogP contribution in [0.4, 0.5) is 0 Å². The molecule has 33 heavy (non-hydrogen) atoms. The summed E-state index contributed by atoms with van der Waals surface area (Å²) in [5.41, 5.74) is 1.49. The van der Waals surface area contributed by atoms with Gasteiger partial charge in [0, 0.05) is 23.9 Å². The summed E-state index contributed by atoms with van der Waals surface area (Å²) in [6, 6.07) is 10.2. The van der Waals surface area contributed by atoms with Crippen molar-refractivity contribution in [1.29, 1.82) is 0 Å². The Labute approximate surface area is 198 Å². The maximum atomic E-state index is 13.5. The Kier molecular flexibility index (Phi) is 7.09. The number of aromatic nitrogens is 2. The highest BCUT2D eigenvalue weighted by atomic mass is 35.5. The van der Waals surface area contributed by atoms with Gasteiger partial charge in [0.2, 0.25) is 17.4 Å². The molecule has 3 aromatic rings. The Balaban J connectivity index is 2.03. The topological polar surface area (TPSA) is 95.3 Å². The van der Waals surface area contributed by atoms with Crippen LogP contribution in [0.15, 0.2) is 47.5 Å². The summed E-state index contributed by atoms with van der Waals surface area (Å²) in [4.78, 5) is 26.3. The summed E-state index contributed by atoms with van der Waals surface area (Å²) in [6.07, 6.45) is 1.60. The zero-order valence-corrected chi connectivity index (χ0v) is 20.6. The van der Waals surface area contributed by atoms with E-state index in [1.807, 2.05) is 13.0 Å². The van der Waals surface area contributed by atoms with Crippen LogP contribution in [0.2, 0.25) is 5.02 Å². The minimum absolute atomic E-state index is 0.0506. The summed E-state index contributed by atoms with van der Waals surface area (Å²) in [5.74, 6) is -0.557. The Morgan fingerprint density at radius 2 is 1.79 bits per heavy atom. The summed E-state index contributed by atoms with van der Waals surface area (Å²) >= 11 is 6.44. The molecule has 0 bridgehead atoms. The van der Waals surface area contributed by atoms with E-state index in [2.05, 4.69) is 5.10 Å². The van der Waals surface area contributed by atoms with Crippen LogP contribution in [0.3, 0.4) is 0 Å². The number of ether oxygens (including phenoxy) is 1. The minimum Gasteiger partial charge on any atom is -0.466 e. The Morgan fingerprint density at radius 1 is 1.15 bits per heavy atom. The van der Waals surface area contributed by atoms with Crippen LogP contribution in [0, 0.1) is 13.8 Å². The van der Waals surface area contributed by atoms with E-state index >= 15 is 0 Å². The zero-order chi connectivity index (χ0) is 24.5. The van der Waals surface area contributed by atoms with Gasteiger partial charge in [-0.15, -0.1) is 0 Å². The van der Waals surface area contributed by atoms with Gasteiger partial charge in [0.05, 0.1) is 16.1 Å². The highest BCUT2D eigenvalue weighted by Crippen LogP contribution is 2.33. The first-order valence-corrected chi connectivity index (χ1v) is 12.6. The first-order chi connectivity index (χ1) is 15.5. The van der Waals surface area contributed by atoms with Crippen LogP contribution in [0.1, 0.15) is 51.3 Å². The average Bonchev–Trinajstić information content (AvgIpc) is 3.17. The number of aryl methyl sites for hydroxylation is 2. The van der Waals surface area contributed by atoms with Gasteiger partial charge >= 0.3 is 0 Å². The van der Waals surface area contributed by atoms with E-state index in [0.717, 1.165) is 6.26 Å². The predicted octanol–water partition coefficient (Wildman–Crippen LogP) is 4.46. The smallest absolute Gasteiger partial charge is 0.224 e. The molecular weight excluding hydrogens is 464 g/mol. The fourth-order valence-electron chi connectivity index (χ4n) is 3.76. The van der Waals surface area contributed by atoms with Gasteiger partial charge < -0.3 is 4.74 Å². The van der Waals surface area contributed by atoms with E-state index in [1.54, 1.807) is 45.0 Å². The largest absolute Gasteiger partial charge is 0.466 e. The lowest BCUT2D eigenvalue weighted by atomic mass is 10.0. The quantitative estimate of drug-likeness (QED) is 0.434. The van der Waals surface area contributed by atoms with Crippen molar-refractivity contribution in [3.05, 3.63) is 75.4 Å². The highest BCUT2D eigenvalue weighted by Gasteiger charge is 2.28. The van der Waals surface area contributed by atoms with Gasteiger partial charge in [-0.2, -0.15) is 5.10 Å². The number of carbonyl (C=O) groups excluding carboxylic acids is 2. The molecule has 0 radical (unpaired) electrons. The third kappa shape index (κ3) is 4.86. The fraction of sp³-hybridized carbons (Fsp3) is 0.292. The number of rotatable bonds is 8. The van der Waals surface area contributed by atoms with Crippen molar-refractivity contribution in [2.45, 2.75) is 45.2 Å². The van der Waals surface area contributed by atoms with Gasteiger partial charge in [0.1, 0.15) is 5.56 Å². The molecule has 3 rings (SSSR count). The molecule has 0 N–H and O–H groups in total. The van der Waals surface area contributed by atoms with E-state index in [4.69, 9.17) is 16.3 Å². The lowest BCUT2D eigenvalue weighted by Crippen LogP contribution is -2.26. The molecule has 0 fully saturated rings. The van der Waals surface area contributed by atoms with Crippen LogP contribution in [0.5, 0.6) is 5.88 Å². The predicted molar refractivity (Wildman–Crippen MR) is 126 cm³/mol. The molecule has 0 amide bonds. The lowest BCUT2D eigenvalue weighted by Gasteiger charge is -2.17. The molecule has 1 atom stereocenters. The van der Waals surface area contributed by atoms with Crippen molar-refractivity contribution in [2.75, 3.05) is 6.26 Å². The van der Waals surface area contributed by atoms with Gasteiger partial charge in [-0.1, -0.05) is 41.9 Å². The molecule has 174 valence electrons. The van der Waals surface area contributed by atoms with E-state index in [1.165, 1.54) is 16.9 Å². The average molecular weight is 489 g/mol. The Morgan fingerprint density at radius 3 is 2.36 bits per heavy atom. The molecule has 0 aliphatic rings. The van der Waals surface area contributed by atoms with Gasteiger partial charge in [-0.25, -0.2) is 13.1 Å². The van der Waals surface area contributed by atoms with Crippen LogP contribution in [0.25, 0.3) is 0 Å². The third-order valence-corrected chi connectivity index (χ3v) is 7.15. The Bertz CT molecular complexity index is 1330. The summed E-state index contributed by atoms with van der Waals surface area (Å²) in [7, 11) is -3.53. The van der Waals surface area contributed by atoms with Crippen LogP contribution in [-0.2, 0) is 16.4 Å². The normalized spacial score (nSPS) is 12.4. The molecule has 9 heteroatoms. The molecule has 0 aliphatic carbocycles. The monoisotopic (exact) mass is 488 g/mol. The molecule has 1 unspecified atom stereocenters. The molecule has 2 aromatic carbocycles. The van der Waals surface area contributed by atoms with Gasteiger partial charge in [-0.05, 0) is 44.9 Å². The van der Waals surface area contributed by atoms with E-state index < -0.39 is 21.7 Å². The number of nitrogens with zero attached hydrogens (tertiary/aromatic N) is 2.